The molecule has 0 heterocycles. The summed E-state index contributed by atoms with van der Waals surface area (Å²) in [6.45, 7) is 8.15. The Hall–Kier alpha value is -1.26. The van der Waals surface area contributed by atoms with Crippen molar-refractivity contribution in [3.8, 4) is 0 Å². The van der Waals surface area contributed by atoms with E-state index in [2.05, 4.69) is 6.92 Å². The van der Waals surface area contributed by atoms with E-state index >= 15 is 0 Å². The summed E-state index contributed by atoms with van der Waals surface area (Å²) in [5.41, 5.74) is 0.662. The third-order valence-corrected chi connectivity index (χ3v) is 3.33. The molecular weight excluding hydrogens is 290 g/mol. The molecule has 0 fully saturated rings. The van der Waals surface area contributed by atoms with E-state index in [1.807, 2.05) is 6.92 Å². The van der Waals surface area contributed by atoms with E-state index in [9.17, 15) is 9.90 Å². The zero-order valence-electron chi connectivity index (χ0n) is 12.6. The Kier molecular flexibility index (Phi) is 7.54. The van der Waals surface area contributed by atoms with Crippen molar-refractivity contribution in [1.82, 2.24) is 4.90 Å². The predicted octanol–water partition coefficient (Wildman–Crippen LogP) is 3.83. The van der Waals surface area contributed by atoms with Gasteiger partial charge >= 0.3 is 6.09 Å². The Morgan fingerprint density at radius 1 is 1.52 bits per heavy atom. The standard InChI is InChI=1S/C16H23ClNO3/c1-4-5-9-21-16(20)18(12(2)3)11-15(19)13-7-6-8-14(17)10-13/h6-8,10,12,15,19H,2,4-5,9,11H2,1,3H3. The molecule has 0 aliphatic heterocycles. The van der Waals surface area contributed by atoms with E-state index in [0.717, 1.165) is 12.8 Å². The number of carbonyl (C=O) groups is 1. The maximum Gasteiger partial charge on any atom is 0.410 e. The van der Waals surface area contributed by atoms with Crippen LogP contribution in [0.15, 0.2) is 24.3 Å². The summed E-state index contributed by atoms with van der Waals surface area (Å²) in [7, 11) is 0. The van der Waals surface area contributed by atoms with Crippen LogP contribution in [0.4, 0.5) is 4.79 Å². The van der Waals surface area contributed by atoms with Crippen molar-refractivity contribution in [2.24, 2.45) is 0 Å². The highest BCUT2D eigenvalue weighted by atomic mass is 35.5. The Balaban J connectivity index is 2.67. The van der Waals surface area contributed by atoms with Gasteiger partial charge in [-0.15, -0.1) is 0 Å². The van der Waals surface area contributed by atoms with E-state index in [1.54, 1.807) is 31.2 Å². The number of hydrogen-bond acceptors (Lipinski definition) is 3. The number of carbonyl (C=O) groups excluding carboxylic acids is 1. The number of benzene rings is 1. The predicted molar refractivity (Wildman–Crippen MR) is 84.2 cm³/mol. The lowest BCUT2D eigenvalue weighted by Gasteiger charge is -2.28. The van der Waals surface area contributed by atoms with Crippen LogP contribution < -0.4 is 0 Å². The minimum absolute atomic E-state index is 0.121. The third-order valence-electron chi connectivity index (χ3n) is 3.09. The largest absolute Gasteiger partial charge is 0.449 e. The van der Waals surface area contributed by atoms with E-state index in [-0.39, 0.29) is 12.6 Å². The van der Waals surface area contributed by atoms with Gasteiger partial charge in [0.2, 0.25) is 0 Å². The molecule has 1 amide bonds. The van der Waals surface area contributed by atoms with Gasteiger partial charge in [-0.05, 0) is 38.0 Å². The molecule has 1 rings (SSSR count). The maximum absolute atomic E-state index is 12.0. The van der Waals surface area contributed by atoms with E-state index in [0.29, 0.717) is 17.2 Å². The molecule has 0 aliphatic carbocycles. The minimum atomic E-state index is -0.827. The lowest BCUT2D eigenvalue weighted by molar-refractivity contribution is 0.0640. The number of nitrogens with zero attached hydrogens (tertiary/aromatic N) is 1. The number of hydrogen-bond donors (Lipinski definition) is 1. The molecule has 0 aromatic heterocycles. The van der Waals surface area contributed by atoms with Crippen molar-refractivity contribution in [2.45, 2.75) is 38.8 Å². The van der Waals surface area contributed by atoms with Gasteiger partial charge in [0, 0.05) is 11.1 Å². The summed E-state index contributed by atoms with van der Waals surface area (Å²) < 4.78 is 5.18. The molecule has 2 unspecified atom stereocenters. The van der Waals surface area contributed by atoms with Crippen molar-refractivity contribution in [2.75, 3.05) is 13.2 Å². The van der Waals surface area contributed by atoms with Crippen molar-refractivity contribution in [1.29, 1.82) is 0 Å². The number of unbranched alkanes of at least 4 members (excludes halogenated alkanes) is 1. The summed E-state index contributed by atoms with van der Waals surface area (Å²) >= 11 is 5.91. The molecule has 0 spiro atoms. The van der Waals surface area contributed by atoms with Crippen LogP contribution >= 0.6 is 11.6 Å². The normalized spacial score (nSPS) is 12.3. The summed E-state index contributed by atoms with van der Waals surface area (Å²) in [6.07, 6.45) is 0.499. The van der Waals surface area contributed by atoms with Gasteiger partial charge in [-0.1, -0.05) is 37.1 Å². The zero-order valence-corrected chi connectivity index (χ0v) is 13.3. The average Bonchev–Trinajstić information content (AvgIpc) is 2.44. The van der Waals surface area contributed by atoms with Gasteiger partial charge in [-0.2, -0.15) is 0 Å². The van der Waals surface area contributed by atoms with Crippen LogP contribution in [0.1, 0.15) is 38.4 Å². The number of aliphatic hydroxyl groups is 1. The fraction of sp³-hybridized carbons (Fsp3) is 0.500. The van der Waals surface area contributed by atoms with Crippen molar-refractivity contribution >= 4 is 17.7 Å². The van der Waals surface area contributed by atoms with Gasteiger partial charge in [-0.25, -0.2) is 4.79 Å². The molecule has 1 N–H and O–H groups in total. The Morgan fingerprint density at radius 3 is 2.81 bits per heavy atom. The first-order valence-electron chi connectivity index (χ1n) is 7.15. The number of halogens is 1. The van der Waals surface area contributed by atoms with Crippen LogP contribution in [-0.4, -0.2) is 35.3 Å². The molecule has 0 saturated carbocycles. The SMILES string of the molecule is [CH2]C(C)N(CC(O)c1cccc(Cl)c1)C(=O)OCCCC. The highest BCUT2D eigenvalue weighted by molar-refractivity contribution is 6.30. The number of amides is 1. The molecule has 1 radical (unpaired) electrons. The van der Waals surface area contributed by atoms with Crippen LogP contribution in [-0.2, 0) is 4.74 Å². The first-order chi connectivity index (χ1) is 9.95. The summed E-state index contributed by atoms with van der Waals surface area (Å²) in [5.74, 6) is 0. The molecule has 5 heteroatoms. The fourth-order valence-electron chi connectivity index (χ4n) is 1.83. The quantitative estimate of drug-likeness (QED) is 0.778. The summed E-state index contributed by atoms with van der Waals surface area (Å²) in [5, 5.41) is 10.8. The second kappa shape index (κ2) is 8.90. The molecule has 21 heavy (non-hydrogen) atoms. The number of aliphatic hydroxyl groups excluding tert-OH is 1. The molecule has 4 nitrogen and oxygen atoms in total. The minimum Gasteiger partial charge on any atom is -0.449 e. The molecule has 0 bridgehead atoms. The van der Waals surface area contributed by atoms with Crippen LogP contribution in [0.5, 0.6) is 0 Å². The lowest BCUT2D eigenvalue weighted by Crippen LogP contribution is -2.40. The molecule has 117 valence electrons. The van der Waals surface area contributed by atoms with Crippen LogP contribution in [0.2, 0.25) is 5.02 Å². The summed E-state index contributed by atoms with van der Waals surface area (Å²) in [6, 6.07) is 6.65. The molecular formula is C16H23ClNO3. The third kappa shape index (κ3) is 5.94. The number of ether oxygens (including phenoxy) is 1. The van der Waals surface area contributed by atoms with E-state index in [1.165, 1.54) is 4.90 Å². The highest BCUT2D eigenvalue weighted by Crippen LogP contribution is 2.20. The van der Waals surface area contributed by atoms with Crippen molar-refractivity contribution in [3.05, 3.63) is 41.8 Å². The van der Waals surface area contributed by atoms with Crippen molar-refractivity contribution in [3.63, 3.8) is 0 Å². The Morgan fingerprint density at radius 2 is 2.24 bits per heavy atom. The molecule has 1 aromatic rings. The monoisotopic (exact) mass is 312 g/mol. The first-order valence-corrected chi connectivity index (χ1v) is 7.53. The smallest absolute Gasteiger partial charge is 0.410 e. The second-order valence-corrected chi connectivity index (χ2v) is 5.48. The fourth-order valence-corrected chi connectivity index (χ4v) is 2.03. The zero-order chi connectivity index (χ0) is 15.8. The highest BCUT2D eigenvalue weighted by Gasteiger charge is 2.22. The molecule has 0 saturated heterocycles. The van der Waals surface area contributed by atoms with Gasteiger partial charge < -0.3 is 14.7 Å². The van der Waals surface area contributed by atoms with Gasteiger partial charge in [0.1, 0.15) is 0 Å². The Bertz CT molecular complexity index is 451. The second-order valence-electron chi connectivity index (χ2n) is 5.04. The lowest BCUT2D eigenvalue weighted by atomic mass is 10.1. The average molecular weight is 313 g/mol. The van der Waals surface area contributed by atoms with Crippen LogP contribution in [0.3, 0.4) is 0 Å². The van der Waals surface area contributed by atoms with Crippen LogP contribution in [0.25, 0.3) is 0 Å². The number of rotatable bonds is 7. The van der Waals surface area contributed by atoms with Crippen molar-refractivity contribution < 1.29 is 14.6 Å². The van der Waals surface area contributed by atoms with E-state index < -0.39 is 12.2 Å². The Labute approximate surface area is 131 Å². The van der Waals surface area contributed by atoms with Gasteiger partial charge in [0.25, 0.3) is 0 Å². The molecule has 0 aliphatic rings. The molecule has 2 atom stereocenters. The topological polar surface area (TPSA) is 49.8 Å². The first kappa shape index (κ1) is 17.8. The van der Waals surface area contributed by atoms with Crippen LogP contribution in [0, 0.1) is 6.92 Å². The summed E-state index contributed by atoms with van der Waals surface area (Å²) in [4.78, 5) is 13.4. The van der Waals surface area contributed by atoms with Gasteiger partial charge in [0.05, 0.1) is 19.3 Å². The molecule has 1 aromatic carbocycles. The maximum atomic E-state index is 12.0. The van der Waals surface area contributed by atoms with Gasteiger partial charge in [0.15, 0.2) is 0 Å². The van der Waals surface area contributed by atoms with E-state index in [4.69, 9.17) is 16.3 Å². The van der Waals surface area contributed by atoms with Gasteiger partial charge in [-0.3, -0.25) is 0 Å².